The number of hydrogen-bond acceptors (Lipinski definition) is 7. The van der Waals surface area contributed by atoms with E-state index in [1.165, 1.54) is 18.4 Å². The Bertz CT molecular complexity index is 1260. The van der Waals surface area contributed by atoms with Crippen molar-refractivity contribution in [2.75, 3.05) is 22.9 Å². The quantitative estimate of drug-likeness (QED) is 0.494. The van der Waals surface area contributed by atoms with Crippen molar-refractivity contribution in [2.24, 2.45) is 5.92 Å². The van der Waals surface area contributed by atoms with Gasteiger partial charge in [-0.15, -0.1) is 0 Å². The number of halogens is 1. The van der Waals surface area contributed by atoms with Crippen LogP contribution in [0.25, 0.3) is 21.8 Å². The van der Waals surface area contributed by atoms with Gasteiger partial charge >= 0.3 is 0 Å². The Hall–Kier alpha value is -3.19. The number of rotatable bonds is 5. The fourth-order valence-corrected chi connectivity index (χ4v) is 4.12. The van der Waals surface area contributed by atoms with Gasteiger partial charge in [0.05, 0.1) is 11.4 Å². The number of hydrogen-bond donors (Lipinski definition) is 2. The number of aromatic nitrogens is 4. The largest absolute Gasteiger partial charge is 0.383 e. The molecule has 1 aliphatic rings. The highest BCUT2D eigenvalue weighted by molar-refractivity contribution is 6.35. The molecule has 0 spiro atoms. The topological polar surface area (TPSA) is 107 Å². The van der Waals surface area contributed by atoms with Crippen LogP contribution in [0.2, 0.25) is 5.02 Å². The van der Waals surface area contributed by atoms with Gasteiger partial charge in [-0.3, -0.25) is 0 Å². The molecule has 1 atom stereocenters. The van der Waals surface area contributed by atoms with E-state index >= 15 is 0 Å². The van der Waals surface area contributed by atoms with E-state index in [1.54, 1.807) is 6.20 Å². The van der Waals surface area contributed by atoms with Gasteiger partial charge in [-0.25, -0.2) is 4.98 Å². The number of anilines is 3. The van der Waals surface area contributed by atoms with Gasteiger partial charge in [0.2, 0.25) is 11.9 Å². The van der Waals surface area contributed by atoms with Crippen LogP contribution in [0.1, 0.15) is 31.4 Å². The van der Waals surface area contributed by atoms with Crippen molar-refractivity contribution in [3.05, 3.63) is 53.2 Å². The minimum absolute atomic E-state index is 0.0433. The predicted octanol–water partition coefficient (Wildman–Crippen LogP) is 4.37. The van der Waals surface area contributed by atoms with Crippen LogP contribution < -0.4 is 16.4 Å². The highest BCUT2D eigenvalue weighted by Gasteiger charge is 2.30. The number of nitrogen functional groups attached to an aromatic ring is 2. The van der Waals surface area contributed by atoms with Gasteiger partial charge in [-0.05, 0) is 42.7 Å². The lowest BCUT2D eigenvalue weighted by molar-refractivity contribution is 0.621. The first-order valence-corrected chi connectivity index (χ1v) is 10.4. The summed E-state index contributed by atoms with van der Waals surface area (Å²) in [6, 6.07) is 12.3. The van der Waals surface area contributed by atoms with Gasteiger partial charge in [0.25, 0.3) is 0 Å². The van der Waals surface area contributed by atoms with Crippen molar-refractivity contribution < 1.29 is 0 Å². The second-order valence-electron chi connectivity index (χ2n) is 7.83. The van der Waals surface area contributed by atoms with Gasteiger partial charge in [0.15, 0.2) is 5.65 Å². The summed E-state index contributed by atoms with van der Waals surface area (Å²) in [4.78, 5) is 19.8. The second-order valence-corrected chi connectivity index (χ2v) is 8.24. The highest BCUT2D eigenvalue weighted by Crippen LogP contribution is 2.37. The monoisotopic (exact) mass is 419 g/mol. The molecule has 152 valence electrons. The van der Waals surface area contributed by atoms with Crippen LogP contribution >= 0.6 is 11.6 Å². The molecule has 2 aromatic carbocycles. The van der Waals surface area contributed by atoms with Crippen LogP contribution in [0.5, 0.6) is 0 Å². The molecule has 2 aromatic heterocycles. The molecular weight excluding hydrogens is 398 g/mol. The van der Waals surface area contributed by atoms with E-state index in [0.717, 1.165) is 22.3 Å². The van der Waals surface area contributed by atoms with E-state index in [0.29, 0.717) is 22.9 Å². The van der Waals surface area contributed by atoms with Crippen molar-refractivity contribution in [3.8, 4) is 0 Å². The zero-order chi connectivity index (χ0) is 20.8. The van der Waals surface area contributed by atoms with E-state index in [-0.39, 0.29) is 17.8 Å². The lowest BCUT2D eigenvalue weighted by atomic mass is 9.98. The molecule has 7 nitrogen and oxygen atoms in total. The fraction of sp³-hybridized carbons (Fsp3) is 0.273. The maximum Gasteiger partial charge on any atom is 0.227 e. The molecule has 2 heterocycles. The Morgan fingerprint density at radius 2 is 1.80 bits per heavy atom. The first kappa shape index (κ1) is 18.8. The van der Waals surface area contributed by atoms with Crippen molar-refractivity contribution in [2.45, 2.75) is 25.8 Å². The Balaban J connectivity index is 1.62. The SMILES string of the molecule is CC(c1ccc(Cl)c2ccccc12)N(CC1CC1)c1ncc2c(N)nc(N)nc2n1. The van der Waals surface area contributed by atoms with Crippen molar-refractivity contribution in [1.82, 2.24) is 19.9 Å². The van der Waals surface area contributed by atoms with Crippen LogP contribution in [0.15, 0.2) is 42.6 Å². The van der Waals surface area contributed by atoms with Gasteiger partial charge in [0, 0.05) is 23.2 Å². The molecule has 1 saturated carbocycles. The zero-order valence-electron chi connectivity index (χ0n) is 16.6. The summed E-state index contributed by atoms with van der Waals surface area (Å²) in [5, 5.41) is 3.53. The average molecular weight is 420 g/mol. The van der Waals surface area contributed by atoms with Gasteiger partial charge in [0.1, 0.15) is 5.82 Å². The first-order chi connectivity index (χ1) is 14.5. The third kappa shape index (κ3) is 3.35. The lowest BCUT2D eigenvalue weighted by Crippen LogP contribution is -2.31. The summed E-state index contributed by atoms with van der Waals surface area (Å²) >= 11 is 6.44. The molecule has 4 aromatic rings. The summed E-state index contributed by atoms with van der Waals surface area (Å²) in [7, 11) is 0. The van der Waals surface area contributed by atoms with Crippen LogP contribution in [0.4, 0.5) is 17.7 Å². The van der Waals surface area contributed by atoms with E-state index in [9.17, 15) is 0 Å². The number of nitrogens with zero attached hydrogens (tertiary/aromatic N) is 5. The molecule has 5 rings (SSSR count). The molecule has 0 bridgehead atoms. The average Bonchev–Trinajstić information content (AvgIpc) is 3.56. The Kier molecular flexibility index (Phi) is 4.55. The van der Waals surface area contributed by atoms with Crippen LogP contribution in [0, 0.1) is 5.92 Å². The van der Waals surface area contributed by atoms with Crippen LogP contribution in [-0.4, -0.2) is 26.5 Å². The smallest absolute Gasteiger partial charge is 0.227 e. The van der Waals surface area contributed by atoms with Gasteiger partial charge < -0.3 is 16.4 Å². The van der Waals surface area contributed by atoms with Crippen molar-refractivity contribution in [3.63, 3.8) is 0 Å². The Morgan fingerprint density at radius 1 is 1.03 bits per heavy atom. The van der Waals surface area contributed by atoms with E-state index in [2.05, 4.69) is 38.9 Å². The van der Waals surface area contributed by atoms with Gasteiger partial charge in [-0.2, -0.15) is 15.0 Å². The Labute approximate surface area is 179 Å². The second kappa shape index (κ2) is 7.25. The standard InChI is InChI=1S/C22H22ClN7/c1-12(14-8-9-18(23)16-5-3-2-4-15(14)16)30(11-13-6-7-13)22-26-10-17-19(24)27-21(25)28-20(17)29-22/h2-5,8-10,12-13H,6-7,11H2,1H3,(H4,24,25,26,27,28,29). The summed E-state index contributed by atoms with van der Waals surface area (Å²) in [6.45, 7) is 3.05. The van der Waals surface area contributed by atoms with E-state index < -0.39 is 0 Å². The molecule has 1 fully saturated rings. The molecule has 0 radical (unpaired) electrons. The molecule has 1 unspecified atom stereocenters. The third-order valence-electron chi connectivity index (χ3n) is 5.72. The molecule has 0 amide bonds. The highest BCUT2D eigenvalue weighted by atomic mass is 35.5. The summed E-state index contributed by atoms with van der Waals surface area (Å²) in [5.41, 5.74) is 13.4. The zero-order valence-corrected chi connectivity index (χ0v) is 17.3. The first-order valence-electron chi connectivity index (χ1n) is 10.0. The van der Waals surface area contributed by atoms with Gasteiger partial charge in [-0.1, -0.05) is 41.9 Å². The Morgan fingerprint density at radius 3 is 2.57 bits per heavy atom. The maximum absolute atomic E-state index is 6.44. The molecular formula is C22H22ClN7. The number of benzene rings is 2. The molecule has 8 heteroatoms. The fourth-order valence-electron chi connectivity index (χ4n) is 3.89. The van der Waals surface area contributed by atoms with Crippen molar-refractivity contribution >= 4 is 51.1 Å². The molecule has 0 saturated heterocycles. The molecule has 4 N–H and O–H groups in total. The minimum atomic E-state index is 0.0433. The number of nitrogens with two attached hydrogens (primary N) is 2. The molecule has 1 aliphatic carbocycles. The molecule has 30 heavy (non-hydrogen) atoms. The van der Waals surface area contributed by atoms with Crippen LogP contribution in [-0.2, 0) is 0 Å². The van der Waals surface area contributed by atoms with Crippen LogP contribution in [0.3, 0.4) is 0 Å². The summed E-state index contributed by atoms with van der Waals surface area (Å²) < 4.78 is 0. The minimum Gasteiger partial charge on any atom is -0.383 e. The third-order valence-corrected chi connectivity index (χ3v) is 6.05. The maximum atomic E-state index is 6.44. The summed E-state index contributed by atoms with van der Waals surface area (Å²) in [6.07, 6.45) is 4.12. The summed E-state index contributed by atoms with van der Waals surface area (Å²) in [5.74, 6) is 1.65. The van der Waals surface area contributed by atoms with Crippen molar-refractivity contribution in [1.29, 1.82) is 0 Å². The van der Waals surface area contributed by atoms with E-state index in [4.69, 9.17) is 28.1 Å². The molecule has 0 aliphatic heterocycles. The predicted molar refractivity (Wildman–Crippen MR) is 121 cm³/mol. The normalized spacial score (nSPS) is 14.9. The van der Waals surface area contributed by atoms with E-state index in [1.807, 2.05) is 24.3 Å². The number of fused-ring (bicyclic) bond motifs is 2. The lowest BCUT2D eigenvalue weighted by Gasteiger charge is -2.30.